The number of amides is 1. The highest BCUT2D eigenvalue weighted by molar-refractivity contribution is 5.95. The van der Waals surface area contributed by atoms with Crippen molar-refractivity contribution in [3.8, 4) is 0 Å². The van der Waals surface area contributed by atoms with Crippen molar-refractivity contribution in [1.82, 2.24) is 5.32 Å². The SMILES string of the molecule is CCC1CC1NC(=O)c1ccc(/C=C/C(=O)O)cc1. The lowest BCUT2D eigenvalue weighted by atomic mass is 10.1. The zero-order valence-electron chi connectivity index (χ0n) is 10.8. The van der Waals surface area contributed by atoms with Crippen LogP contribution in [0.4, 0.5) is 0 Å². The zero-order chi connectivity index (χ0) is 13.8. The van der Waals surface area contributed by atoms with E-state index < -0.39 is 5.97 Å². The van der Waals surface area contributed by atoms with Crippen molar-refractivity contribution in [3.63, 3.8) is 0 Å². The van der Waals surface area contributed by atoms with Crippen LogP contribution >= 0.6 is 0 Å². The Labute approximate surface area is 112 Å². The standard InChI is InChI=1S/C15H17NO3/c1-2-11-9-13(11)16-15(19)12-6-3-10(4-7-12)5-8-14(17)18/h3-8,11,13H,2,9H2,1H3,(H,16,19)(H,17,18)/b8-5+. The first-order valence-electron chi connectivity index (χ1n) is 6.42. The fourth-order valence-electron chi connectivity index (χ4n) is 2.04. The minimum atomic E-state index is -0.985. The van der Waals surface area contributed by atoms with E-state index in [1.54, 1.807) is 24.3 Å². The fourth-order valence-corrected chi connectivity index (χ4v) is 2.04. The average molecular weight is 259 g/mol. The normalized spacial score (nSPS) is 21.3. The molecular formula is C15H17NO3. The summed E-state index contributed by atoms with van der Waals surface area (Å²) in [7, 11) is 0. The summed E-state index contributed by atoms with van der Waals surface area (Å²) in [6.45, 7) is 2.13. The molecule has 1 amide bonds. The van der Waals surface area contributed by atoms with Crippen molar-refractivity contribution in [1.29, 1.82) is 0 Å². The van der Waals surface area contributed by atoms with Crippen molar-refractivity contribution < 1.29 is 14.7 Å². The summed E-state index contributed by atoms with van der Waals surface area (Å²) in [5.41, 5.74) is 1.37. The maximum absolute atomic E-state index is 11.9. The highest BCUT2D eigenvalue weighted by atomic mass is 16.4. The Balaban J connectivity index is 1.94. The second-order valence-electron chi connectivity index (χ2n) is 4.78. The lowest BCUT2D eigenvalue weighted by Crippen LogP contribution is -2.26. The van der Waals surface area contributed by atoms with E-state index >= 15 is 0 Å². The Morgan fingerprint density at radius 2 is 2.05 bits per heavy atom. The van der Waals surface area contributed by atoms with E-state index in [-0.39, 0.29) is 5.91 Å². The van der Waals surface area contributed by atoms with Gasteiger partial charge in [0.05, 0.1) is 0 Å². The molecule has 19 heavy (non-hydrogen) atoms. The topological polar surface area (TPSA) is 66.4 Å². The van der Waals surface area contributed by atoms with Gasteiger partial charge in [0.2, 0.25) is 0 Å². The molecule has 1 saturated carbocycles. The van der Waals surface area contributed by atoms with Crippen LogP contribution in [-0.2, 0) is 4.79 Å². The fraction of sp³-hybridized carbons (Fsp3) is 0.333. The van der Waals surface area contributed by atoms with E-state index in [4.69, 9.17) is 5.11 Å². The third-order valence-electron chi connectivity index (χ3n) is 3.35. The summed E-state index contributed by atoms with van der Waals surface area (Å²) in [6, 6.07) is 7.21. The number of hydrogen-bond acceptors (Lipinski definition) is 2. The van der Waals surface area contributed by atoms with Crippen LogP contribution in [0.25, 0.3) is 6.08 Å². The Kier molecular flexibility index (Phi) is 4.00. The molecule has 2 N–H and O–H groups in total. The van der Waals surface area contributed by atoms with Crippen molar-refractivity contribution in [2.24, 2.45) is 5.92 Å². The Hall–Kier alpha value is -2.10. The van der Waals surface area contributed by atoms with E-state index in [2.05, 4.69) is 12.2 Å². The van der Waals surface area contributed by atoms with Gasteiger partial charge < -0.3 is 10.4 Å². The smallest absolute Gasteiger partial charge is 0.328 e. The van der Waals surface area contributed by atoms with Crippen LogP contribution < -0.4 is 5.32 Å². The van der Waals surface area contributed by atoms with Gasteiger partial charge >= 0.3 is 5.97 Å². The van der Waals surface area contributed by atoms with Gasteiger partial charge in [-0.2, -0.15) is 0 Å². The highest BCUT2D eigenvalue weighted by Crippen LogP contribution is 2.33. The van der Waals surface area contributed by atoms with Gasteiger partial charge in [0.15, 0.2) is 0 Å². The molecule has 0 radical (unpaired) electrons. The van der Waals surface area contributed by atoms with E-state index in [9.17, 15) is 9.59 Å². The monoisotopic (exact) mass is 259 g/mol. The molecular weight excluding hydrogens is 242 g/mol. The summed E-state index contributed by atoms with van der Waals surface area (Å²) in [5, 5.41) is 11.5. The molecule has 0 bridgehead atoms. The van der Waals surface area contributed by atoms with Crippen molar-refractivity contribution in [3.05, 3.63) is 41.5 Å². The van der Waals surface area contributed by atoms with Crippen LogP contribution in [-0.4, -0.2) is 23.0 Å². The van der Waals surface area contributed by atoms with Crippen LogP contribution in [0, 0.1) is 5.92 Å². The van der Waals surface area contributed by atoms with Crippen LogP contribution in [0.15, 0.2) is 30.3 Å². The molecule has 2 rings (SSSR count). The molecule has 1 aromatic carbocycles. The molecule has 0 saturated heterocycles. The van der Waals surface area contributed by atoms with Gasteiger partial charge in [-0.3, -0.25) is 4.79 Å². The van der Waals surface area contributed by atoms with Gasteiger partial charge in [0.1, 0.15) is 0 Å². The largest absolute Gasteiger partial charge is 0.478 e. The predicted molar refractivity (Wildman–Crippen MR) is 72.8 cm³/mol. The van der Waals surface area contributed by atoms with Gasteiger partial charge in [-0.05, 0) is 36.1 Å². The molecule has 4 heteroatoms. The third-order valence-corrected chi connectivity index (χ3v) is 3.35. The average Bonchev–Trinajstić information content (AvgIpc) is 3.15. The first-order valence-corrected chi connectivity index (χ1v) is 6.42. The van der Waals surface area contributed by atoms with Crippen LogP contribution in [0.3, 0.4) is 0 Å². The lowest BCUT2D eigenvalue weighted by Gasteiger charge is -2.04. The molecule has 1 fully saturated rings. The molecule has 4 nitrogen and oxygen atoms in total. The Bertz CT molecular complexity index is 505. The molecule has 2 unspecified atom stereocenters. The Morgan fingerprint density at radius 3 is 2.58 bits per heavy atom. The number of hydrogen-bond donors (Lipinski definition) is 2. The lowest BCUT2D eigenvalue weighted by molar-refractivity contribution is -0.131. The van der Waals surface area contributed by atoms with Gasteiger partial charge in [-0.25, -0.2) is 4.79 Å². The number of nitrogens with one attached hydrogen (secondary N) is 1. The summed E-state index contributed by atoms with van der Waals surface area (Å²) in [6.07, 6.45) is 4.74. The first-order chi connectivity index (χ1) is 9.10. The van der Waals surface area contributed by atoms with Gasteiger partial charge in [0, 0.05) is 17.7 Å². The molecule has 0 spiro atoms. The number of rotatable bonds is 5. The summed E-state index contributed by atoms with van der Waals surface area (Å²) >= 11 is 0. The van der Waals surface area contributed by atoms with Crippen molar-refractivity contribution in [2.75, 3.05) is 0 Å². The summed E-state index contributed by atoms with van der Waals surface area (Å²) in [4.78, 5) is 22.3. The van der Waals surface area contributed by atoms with E-state index in [0.29, 0.717) is 17.5 Å². The predicted octanol–water partition coefficient (Wildman–Crippen LogP) is 2.31. The molecule has 0 aromatic heterocycles. The Morgan fingerprint density at radius 1 is 1.37 bits per heavy atom. The number of carboxylic acids is 1. The summed E-state index contributed by atoms with van der Waals surface area (Å²) in [5.74, 6) is -0.419. The van der Waals surface area contributed by atoms with Crippen molar-refractivity contribution >= 4 is 18.0 Å². The molecule has 1 aliphatic carbocycles. The number of carbonyl (C=O) groups excluding carboxylic acids is 1. The number of carboxylic acid groups (broad SMARTS) is 1. The first kappa shape index (κ1) is 13.3. The molecule has 1 aromatic rings. The van der Waals surface area contributed by atoms with Crippen molar-refractivity contribution in [2.45, 2.75) is 25.8 Å². The summed E-state index contributed by atoms with van der Waals surface area (Å²) < 4.78 is 0. The van der Waals surface area contributed by atoms with E-state index in [0.717, 1.165) is 24.5 Å². The molecule has 2 atom stereocenters. The molecule has 1 aliphatic rings. The quantitative estimate of drug-likeness (QED) is 0.797. The maximum atomic E-state index is 11.9. The third kappa shape index (κ3) is 3.68. The van der Waals surface area contributed by atoms with E-state index in [1.165, 1.54) is 6.08 Å². The van der Waals surface area contributed by atoms with Gasteiger partial charge in [0.25, 0.3) is 5.91 Å². The number of benzene rings is 1. The van der Waals surface area contributed by atoms with E-state index in [1.807, 2.05) is 0 Å². The molecule has 0 heterocycles. The molecule has 0 aliphatic heterocycles. The zero-order valence-corrected chi connectivity index (χ0v) is 10.8. The minimum Gasteiger partial charge on any atom is -0.478 e. The minimum absolute atomic E-state index is 0.0604. The molecule has 100 valence electrons. The second kappa shape index (κ2) is 5.69. The number of aliphatic carboxylic acids is 1. The van der Waals surface area contributed by atoms with Gasteiger partial charge in [-0.15, -0.1) is 0 Å². The maximum Gasteiger partial charge on any atom is 0.328 e. The second-order valence-corrected chi connectivity index (χ2v) is 4.78. The highest BCUT2D eigenvalue weighted by Gasteiger charge is 2.36. The number of carbonyl (C=O) groups is 2. The van der Waals surface area contributed by atoms with Gasteiger partial charge in [-0.1, -0.05) is 25.5 Å². The van der Waals surface area contributed by atoms with Crippen LogP contribution in [0.1, 0.15) is 35.7 Å². The van der Waals surface area contributed by atoms with Crippen LogP contribution in [0.2, 0.25) is 0 Å². The van der Waals surface area contributed by atoms with Crippen LogP contribution in [0.5, 0.6) is 0 Å².